The van der Waals surface area contributed by atoms with E-state index in [-0.39, 0.29) is 24.1 Å². The highest BCUT2D eigenvalue weighted by Gasteiger charge is 2.35. The molecule has 8 nitrogen and oxygen atoms in total. The van der Waals surface area contributed by atoms with Crippen LogP contribution in [-0.2, 0) is 11.3 Å². The van der Waals surface area contributed by atoms with Crippen molar-refractivity contribution in [2.24, 2.45) is 5.10 Å². The number of aromatic nitrogens is 2. The Morgan fingerprint density at radius 3 is 2.84 bits per heavy atom. The van der Waals surface area contributed by atoms with Crippen LogP contribution in [0.1, 0.15) is 23.8 Å². The minimum Gasteiger partial charge on any atom is -0.497 e. The third-order valence-electron chi connectivity index (χ3n) is 5.22. The summed E-state index contributed by atoms with van der Waals surface area (Å²) in [5.41, 5.74) is 1.41. The molecule has 0 radical (unpaired) electrons. The number of hydrogen-bond acceptors (Lipinski definition) is 7. The molecule has 1 aliphatic rings. The Bertz CT molecular complexity index is 1320. The number of hydrazone groups is 1. The van der Waals surface area contributed by atoms with Crippen molar-refractivity contribution < 1.29 is 13.9 Å². The van der Waals surface area contributed by atoms with E-state index in [1.807, 2.05) is 35.7 Å². The summed E-state index contributed by atoms with van der Waals surface area (Å²) in [7, 11) is 1.61. The van der Waals surface area contributed by atoms with Crippen LogP contribution in [-0.4, -0.2) is 33.3 Å². The number of benzene rings is 1. The van der Waals surface area contributed by atoms with Gasteiger partial charge in [-0.2, -0.15) is 5.10 Å². The standard InChI is InChI=1S/C22H18N4O4S/c1-29-15-6-4-14(5-7-15)17-11-18(19-3-2-9-30-19)26(24-17)20(27)12-25-13-23-21-16(22(25)28)8-10-31-21/h2-10,13,18H,11-12H2,1H3. The fraction of sp³-hybridized carbons (Fsp3) is 0.182. The zero-order valence-electron chi connectivity index (χ0n) is 16.6. The minimum atomic E-state index is -0.381. The summed E-state index contributed by atoms with van der Waals surface area (Å²) in [6.45, 7) is -0.159. The van der Waals surface area contributed by atoms with Gasteiger partial charge >= 0.3 is 0 Å². The highest BCUT2D eigenvalue weighted by Crippen LogP contribution is 2.33. The van der Waals surface area contributed by atoms with Gasteiger partial charge in [-0.1, -0.05) is 0 Å². The maximum Gasteiger partial charge on any atom is 0.263 e. The maximum absolute atomic E-state index is 13.2. The molecule has 1 atom stereocenters. The highest BCUT2D eigenvalue weighted by molar-refractivity contribution is 7.16. The lowest BCUT2D eigenvalue weighted by atomic mass is 10.0. The second-order valence-corrected chi connectivity index (χ2v) is 7.96. The quantitative estimate of drug-likeness (QED) is 0.480. The molecule has 0 saturated carbocycles. The number of thiophene rings is 1. The van der Waals surface area contributed by atoms with Crippen molar-refractivity contribution in [1.82, 2.24) is 14.6 Å². The summed E-state index contributed by atoms with van der Waals surface area (Å²) in [6.07, 6.45) is 3.48. The van der Waals surface area contributed by atoms with Gasteiger partial charge in [-0.15, -0.1) is 11.3 Å². The van der Waals surface area contributed by atoms with Crippen molar-refractivity contribution in [2.75, 3.05) is 7.11 Å². The molecule has 0 N–H and O–H groups in total. The first-order valence-corrected chi connectivity index (χ1v) is 10.5. The van der Waals surface area contributed by atoms with Crippen LogP contribution in [0.2, 0.25) is 0 Å². The van der Waals surface area contributed by atoms with Crippen molar-refractivity contribution in [3.63, 3.8) is 0 Å². The molecule has 0 fully saturated rings. The van der Waals surface area contributed by atoms with Crippen molar-refractivity contribution in [1.29, 1.82) is 0 Å². The molecule has 156 valence electrons. The molecule has 0 aliphatic carbocycles. The molecule has 0 bridgehead atoms. The SMILES string of the molecule is COc1ccc(C2=NN(C(=O)Cn3cnc4sccc4c3=O)C(c3ccco3)C2)cc1. The van der Waals surface area contributed by atoms with Gasteiger partial charge in [-0.3, -0.25) is 14.2 Å². The zero-order valence-corrected chi connectivity index (χ0v) is 17.4. The number of carbonyl (C=O) groups excluding carboxylic acids is 1. The van der Waals surface area contributed by atoms with Gasteiger partial charge in [0.05, 0.1) is 30.8 Å². The van der Waals surface area contributed by atoms with E-state index in [9.17, 15) is 9.59 Å². The fourth-order valence-corrected chi connectivity index (χ4v) is 4.35. The molecule has 4 heterocycles. The summed E-state index contributed by atoms with van der Waals surface area (Å²) >= 11 is 1.39. The van der Waals surface area contributed by atoms with E-state index in [1.54, 1.807) is 25.5 Å². The van der Waals surface area contributed by atoms with Gasteiger partial charge in [0, 0.05) is 6.42 Å². The average Bonchev–Trinajstić information content (AvgIpc) is 3.55. The van der Waals surface area contributed by atoms with Crippen LogP contribution < -0.4 is 10.3 Å². The predicted octanol–water partition coefficient (Wildman–Crippen LogP) is 3.44. The second kappa shape index (κ2) is 7.84. The normalized spacial score (nSPS) is 16.0. The molecule has 31 heavy (non-hydrogen) atoms. The van der Waals surface area contributed by atoms with E-state index in [1.165, 1.54) is 27.2 Å². The van der Waals surface area contributed by atoms with Crippen LogP contribution in [0, 0.1) is 0 Å². The smallest absolute Gasteiger partial charge is 0.263 e. The Hall–Kier alpha value is -3.72. The Kier molecular flexibility index (Phi) is 4.87. The van der Waals surface area contributed by atoms with E-state index in [4.69, 9.17) is 9.15 Å². The Labute approximate surface area is 181 Å². The Morgan fingerprint density at radius 2 is 2.10 bits per heavy atom. The van der Waals surface area contributed by atoms with Gasteiger partial charge < -0.3 is 9.15 Å². The van der Waals surface area contributed by atoms with Crippen LogP contribution in [0.25, 0.3) is 10.2 Å². The third-order valence-corrected chi connectivity index (χ3v) is 6.04. The minimum absolute atomic E-state index is 0.159. The van der Waals surface area contributed by atoms with E-state index in [2.05, 4.69) is 10.1 Å². The van der Waals surface area contributed by atoms with Gasteiger partial charge in [-0.25, -0.2) is 9.99 Å². The molecule has 1 amide bonds. The molecule has 3 aromatic heterocycles. The van der Waals surface area contributed by atoms with Crippen LogP contribution in [0.4, 0.5) is 0 Å². The lowest BCUT2D eigenvalue weighted by molar-refractivity contribution is -0.134. The molecule has 1 aliphatic heterocycles. The van der Waals surface area contributed by atoms with Crippen LogP contribution >= 0.6 is 11.3 Å². The van der Waals surface area contributed by atoms with Gasteiger partial charge in [0.2, 0.25) is 0 Å². The number of ether oxygens (including phenoxy) is 1. The number of carbonyl (C=O) groups is 1. The van der Waals surface area contributed by atoms with Gasteiger partial charge in [-0.05, 0) is 53.4 Å². The van der Waals surface area contributed by atoms with Crippen molar-refractivity contribution in [3.8, 4) is 5.75 Å². The van der Waals surface area contributed by atoms with Gasteiger partial charge in [0.15, 0.2) is 0 Å². The molecule has 0 saturated heterocycles. The number of rotatable bonds is 5. The molecular weight excluding hydrogens is 416 g/mol. The molecule has 5 rings (SSSR count). The van der Waals surface area contributed by atoms with Crippen molar-refractivity contribution >= 4 is 33.2 Å². The topological polar surface area (TPSA) is 89.9 Å². The first-order valence-electron chi connectivity index (χ1n) is 9.64. The van der Waals surface area contributed by atoms with E-state index in [0.717, 1.165) is 17.0 Å². The summed E-state index contributed by atoms with van der Waals surface area (Å²) in [4.78, 5) is 30.8. The lowest BCUT2D eigenvalue weighted by Gasteiger charge is -2.20. The van der Waals surface area contributed by atoms with Crippen molar-refractivity contribution in [2.45, 2.75) is 19.0 Å². The number of amides is 1. The third kappa shape index (κ3) is 3.53. The first kappa shape index (κ1) is 19.3. The van der Waals surface area contributed by atoms with Crippen LogP contribution in [0.5, 0.6) is 5.75 Å². The summed E-state index contributed by atoms with van der Waals surface area (Å²) in [6, 6.07) is 12.5. The zero-order chi connectivity index (χ0) is 21.4. The summed E-state index contributed by atoms with van der Waals surface area (Å²) in [5.74, 6) is 1.07. The predicted molar refractivity (Wildman–Crippen MR) is 116 cm³/mol. The fourth-order valence-electron chi connectivity index (χ4n) is 3.62. The monoisotopic (exact) mass is 434 g/mol. The Morgan fingerprint density at radius 1 is 1.26 bits per heavy atom. The molecule has 9 heteroatoms. The summed E-state index contributed by atoms with van der Waals surface area (Å²) < 4.78 is 12.1. The highest BCUT2D eigenvalue weighted by atomic mass is 32.1. The Balaban J connectivity index is 1.46. The maximum atomic E-state index is 13.2. The number of nitrogens with zero attached hydrogens (tertiary/aromatic N) is 4. The van der Waals surface area contributed by atoms with Crippen molar-refractivity contribution in [3.05, 3.63) is 82.1 Å². The molecule has 0 spiro atoms. The largest absolute Gasteiger partial charge is 0.497 e. The molecule has 1 unspecified atom stereocenters. The molecular formula is C22H18N4O4S. The van der Waals surface area contributed by atoms with Gasteiger partial charge in [0.1, 0.15) is 28.9 Å². The molecule has 1 aromatic carbocycles. The lowest BCUT2D eigenvalue weighted by Crippen LogP contribution is -2.33. The summed E-state index contributed by atoms with van der Waals surface area (Å²) in [5, 5.41) is 8.32. The number of methoxy groups -OCH3 is 1. The number of hydrogen-bond donors (Lipinski definition) is 0. The van der Waals surface area contributed by atoms with E-state index in [0.29, 0.717) is 22.4 Å². The van der Waals surface area contributed by atoms with E-state index >= 15 is 0 Å². The van der Waals surface area contributed by atoms with Crippen LogP contribution in [0.15, 0.2) is 74.7 Å². The molecule has 4 aromatic rings. The van der Waals surface area contributed by atoms with E-state index < -0.39 is 0 Å². The van der Waals surface area contributed by atoms with Gasteiger partial charge in [0.25, 0.3) is 11.5 Å². The average molecular weight is 434 g/mol. The number of furan rings is 1. The second-order valence-electron chi connectivity index (χ2n) is 7.07. The first-order chi connectivity index (χ1) is 15.1. The van der Waals surface area contributed by atoms with Crippen LogP contribution in [0.3, 0.4) is 0 Å². The number of fused-ring (bicyclic) bond motifs is 1.